The smallest absolute Gasteiger partial charge is 0.414 e. The molecule has 0 bridgehead atoms. The van der Waals surface area contributed by atoms with Crippen LogP contribution in [0.25, 0.3) is 0 Å². The molecule has 0 aliphatic rings. The van der Waals surface area contributed by atoms with Gasteiger partial charge in [0.1, 0.15) is 11.5 Å². The highest BCUT2D eigenvalue weighted by Crippen LogP contribution is 2.23. The van der Waals surface area contributed by atoms with Gasteiger partial charge < -0.3 is 20.5 Å². The van der Waals surface area contributed by atoms with Crippen LogP contribution >= 0.6 is 0 Å². The van der Waals surface area contributed by atoms with Crippen LogP contribution in [0.15, 0.2) is 18.2 Å². The quantitative estimate of drug-likeness (QED) is 0.658. The third-order valence-electron chi connectivity index (χ3n) is 1.48. The molecule has 0 saturated heterocycles. The lowest BCUT2D eigenvalue weighted by atomic mass is 10.3. The Morgan fingerprint density at radius 1 is 1.43 bits per heavy atom. The number of nitrogens with zero attached hydrogens (tertiary/aromatic N) is 1. The summed E-state index contributed by atoms with van der Waals surface area (Å²) in [5.74, 6) is 0.188. The SMILES string of the molecule is CN(C)C(=O)Oc1cc(N)cc(O)c1. The van der Waals surface area contributed by atoms with Crippen LogP contribution in [0, 0.1) is 0 Å². The van der Waals surface area contributed by atoms with Crippen molar-refractivity contribution in [3.05, 3.63) is 18.2 Å². The maximum Gasteiger partial charge on any atom is 0.414 e. The van der Waals surface area contributed by atoms with E-state index in [1.165, 1.54) is 23.1 Å². The molecule has 0 unspecified atom stereocenters. The molecular weight excluding hydrogens is 184 g/mol. The van der Waals surface area contributed by atoms with Crippen LogP contribution < -0.4 is 10.5 Å². The van der Waals surface area contributed by atoms with Crippen molar-refractivity contribution in [2.75, 3.05) is 19.8 Å². The number of nitrogens with two attached hydrogens (primary N) is 1. The molecule has 5 nitrogen and oxygen atoms in total. The first-order chi connectivity index (χ1) is 6.49. The topological polar surface area (TPSA) is 75.8 Å². The molecule has 1 aromatic carbocycles. The second kappa shape index (κ2) is 3.87. The fourth-order valence-electron chi connectivity index (χ4n) is 0.857. The molecule has 1 rings (SSSR count). The molecule has 76 valence electrons. The minimum absolute atomic E-state index is 0.0356. The van der Waals surface area contributed by atoms with Gasteiger partial charge in [-0.15, -0.1) is 0 Å². The molecular formula is C9H12N2O3. The predicted octanol–water partition coefficient (Wildman–Crippen LogP) is 1.03. The van der Waals surface area contributed by atoms with Crippen LogP contribution in [-0.2, 0) is 0 Å². The van der Waals surface area contributed by atoms with Gasteiger partial charge in [-0.1, -0.05) is 0 Å². The van der Waals surface area contributed by atoms with Crippen LogP contribution in [0.2, 0.25) is 0 Å². The molecule has 0 aliphatic heterocycles. The number of aromatic hydroxyl groups is 1. The van der Waals surface area contributed by atoms with E-state index in [0.717, 1.165) is 0 Å². The molecule has 3 N–H and O–H groups in total. The third kappa shape index (κ3) is 2.55. The Hall–Kier alpha value is -1.91. The van der Waals surface area contributed by atoms with Gasteiger partial charge in [0.15, 0.2) is 0 Å². The summed E-state index contributed by atoms with van der Waals surface area (Å²) in [7, 11) is 3.13. The molecule has 0 saturated carbocycles. The third-order valence-corrected chi connectivity index (χ3v) is 1.48. The Kier molecular flexibility index (Phi) is 2.81. The molecule has 0 spiro atoms. The van der Waals surface area contributed by atoms with E-state index >= 15 is 0 Å². The number of hydrogen-bond donors (Lipinski definition) is 2. The first kappa shape index (κ1) is 10.2. The maximum atomic E-state index is 11.1. The van der Waals surface area contributed by atoms with Crippen molar-refractivity contribution in [2.45, 2.75) is 0 Å². The largest absolute Gasteiger partial charge is 0.508 e. The van der Waals surface area contributed by atoms with Crippen LogP contribution in [0.5, 0.6) is 11.5 Å². The Morgan fingerprint density at radius 3 is 2.57 bits per heavy atom. The summed E-state index contributed by atoms with van der Waals surface area (Å²) in [5, 5.41) is 9.16. The van der Waals surface area contributed by atoms with Gasteiger partial charge in [0.05, 0.1) is 0 Å². The van der Waals surface area contributed by atoms with Crippen LogP contribution in [0.1, 0.15) is 0 Å². The van der Waals surface area contributed by atoms with Crippen LogP contribution in [0.4, 0.5) is 10.5 Å². The van der Waals surface area contributed by atoms with E-state index in [-0.39, 0.29) is 11.5 Å². The average Bonchev–Trinajstić information content (AvgIpc) is 2.01. The van der Waals surface area contributed by atoms with Crippen molar-refractivity contribution in [1.29, 1.82) is 0 Å². The fourth-order valence-corrected chi connectivity index (χ4v) is 0.857. The number of hydrogen-bond acceptors (Lipinski definition) is 4. The van der Waals surface area contributed by atoms with E-state index in [1.54, 1.807) is 14.1 Å². The second-order valence-electron chi connectivity index (χ2n) is 3.02. The van der Waals surface area contributed by atoms with Gasteiger partial charge in [-0.2, -0.15) is 0 Å². The summed E-state index contributed by atoms with van der Waals surface area (Å²) in [6.07, 6.45) is -0.519. The standard InChI is InChI=1S/C9H12N2O3/c1-11(2)9(13)14-8-4-6(10)3-7(12)5-8/h3-5,12H,10H2,1-2H3. The maximum absolute atomic E-state index is 11.1. The molecule has 0 aromatic heterocycles. The number of carbonyl (C=O) groups is 1. The summed E-state index contributed by atoms with van der Waals surface area (Å²) in [6, 6.07) is 4.14. The summed E-state index contributed by atoms with van der Waals surface area (Å²) < 4.78 is 4.88. The first-order valence-corrected chi connectivity index (χ1v) is 3.97. The minimum Gasteiger partial charge on any atom is -0.508 e. The van der Waals surface area contributed by atoms with Gasteiger partial charge in [-0.25, -0.2) is 4.79 Å². The number of benzene rings is 1. The minimum atomic E-state index is -0.519. The lowest BCUT2D eigenvalue weighted by molar-refractivity contribution is 0.172. The van der Waals surface area contributed by atoms with E-state index in [2.05, 4.69) is 0 Å². The summed E-state index contributed by atoms with van der Waals surface area (Å²) >= 11 is 0. The Morgan fingerprint density at radius 2 is 2.07 bits per heavy atom. The van der Waals surface area contributed by atoms with Gasteiger partial charge in [-0.05, 0) is 0 Å². The number of anilines is 1. The number of phenolic OH excluding ortho intramolecular Hbond substituents is 1. The molecule has 0 heterocycles. The van der Waals surface area contributed by atoms with Gasteiger partial charge in [0.25, 0.3) is 0 Å². The molecule has 5 heteroatoms. The highest BCUT2D eigenvalue weighted by atomic mass is 16.6. The molecule has 14 heavy (non-hydrogen) atoms. The van der Waals surface area contributed by atoms with Crippen LogP contribution in [0.3, 0.4) is 0 Å². The van der Waals surface area contributed by atoms with Crippen molar-refractivity contribution in [3.63, 3.8) is 0 Å². The van der Waals surface area contributed by atoms with E-state index in [4.69, 9.17) is 15.6 Å². The number of rotatable bonds is 1. The van der Waals surface area contributed by atoms with E-state index in [0.29, 0.717) is 5.69 Å². The van der Waals surface area contributed by atoms with Crippen molar-refractivity contribution < 1.29 is 14.6 Å². The predicted molar refractivity (Wildman–Crippen MR) is 52.2 cm³/mol. The fraction of sp³-hybridized carbons (Fsp3) is 0.222. The summed E-state index contributed by atoms with van der Waals surface area (Å²) in [4.78, 5) is 12.4. The zero-order valence-electron chi connectivity index (χ0n) is 8.02. The van der Waals surface area contributed by atoms with Gasteiger partial charge >= 0.3 is 6.09 Å². The van der Waals surface area contributed by atoms with E-state index in [1.807, 2.05) is 0 Å². The number of amides is 1. The monoisotopic (exact) mass is 196 g/mol. The number of carbonyl (C=O) groups excluding carboxylic acids is 1. The van der Waals surface area contributed by atoms with Gasteiger partial charge in [0.2, 0.25) is 0 Å². The molecule has 1 amide bonds. The molecule has 0 radical (unpaired) electrons. The lowest BCUT2D eigenvalue weighted by Crippen LogP contribution is -2.25. The number of ether oxygens (including phenoxy) is 1. The molecule has 1 aromatic rings. The summed E-state index contributed by atoms with van der Waals surface area (Å²) in [5.41, 5.74) is 5.79. The average molecular weight is 196 g/mol. The van der Waals surface area contributed by atoms with Crippen molar-refractivity contribution >= 4 is 11.8 Å². The highest BCUT2D eigenvalue weighted by molar-refractivity contribution is 5.70. The van der Waals surface area contributed by atoms with Crippen molar-refractivity contribution in [1.82, 2.24) is 4.90 Å². The lowest BCUT2D eigenvalue weighted by Gasteiger charge is -2.11. The zero-order valence-corrected chi connectivity index (χ0v) is 8.02. The van der Waals surface area contributed by atoms with Crippen molar-refractivity contribution in [2.24, 2.45) is 0 Å². The Bertz CT molecular complexity index is 330. The number of phenols is 1. The van der Waals surface area contributed by atoms with Crippen LogP contribution in [-0.4, -0.2) is 30.2 Å². The molecule has 0 aliphatic carbocycles. The van der Waals surface area contributed by atoms with E-state index < -0.39 is 6.09 Å². The number of nitrogen functional groups attached to an aromatic ring is 1. The second-order valence-corrected chi connectivity index (χ2v) is 3.02. The van der Waals surface area contributed by atoms with E-state index in [9.17, 15) is 4.79 Å². The summed E-state index contributed by atoms with van der Waals surface area (Å²) in [6.45, 7) is 0. The Labute approximate surface area is 81.7 Å². The Balaban J connectivity index is 2.82. The van der Waals surface area contributed by atoms with Gasteiger partial charge in [-0.3, -0.25) is 0 Å². The zero-order chi connectivity index (χ0) is 10.7. The van der Waals surface area contributed by atoms with Gasteiger partial charge in [0, 0.05) is 38.0 Å². The normalized spacial score (nSPS) is 9.57. The van der Waals surface area contributed by atoms with Crippen molar-refractivity contribution in [3.8, 4) is 11.5 Å². The first-order valence-electron chi connectivity index (χ1n) is 3.97. The molecule has 0 fully saturated rings. The molecule has 0 atom stereocenters. The highest BCUT2D eigenvalue weighted by Gasteiger charge is 2.07.